The second-order valence-electron chi connectivity index (χ2n) is 4.65. The van der Waals surface area contributed by atoms with Crippen LogP contribution in [0.3, 0.4) is 0 Å². The predicted molar refractivity (Wildman–Crippen MR) is 76.4 cm³/mol. The molecule has 18 heavy (non-hydrogen) atoms. The van der Waals surface area contributed by atoms with Gasteiger partial charge in [-0.05, 0) is 25.3 Å². The number of rotatable bonds is 6. The Morgan fingerprint density at radius 2 is 2.22 bits per heavy atom. The van der Waals surface area contributed by atoms with Gasteiger partial charge in [-0.1, -0.05) is 13.8 Å². The molecule has 0 aromatic carbocycles. The van der Waals surface area contributed by atoms with Crippen molar-refractivity contribution in [1.82, 2.24) is 10.3 Å². The maximum absolute atomic E-state index is 11.9. The number of amides is 1. The molecule has 0 radical (unpaired) electrons. The van der Waals surface area contributed by atoms with Gasteiger partial charge in [0.25, 0.3) is 0 Å². The first-order valence-corrected chi connectivity index (χ1v) is 7.02. The van der Waals surface area contributed by atoms with Crippen LogP contribution < -0.4 is 11.1 Å². The van der Waals surface area contributed by atoms with Crippen molar-refractivity contribution in [2.24, 2.45) is 5.92 Å². The summed E-state index contributed by atoms with van der Waals surface area (Å²) in [4.78, 5) is 16.7. The first-order valence-electron chi connectivity index (χ1n) is 6.14. The van der Waals surface area contributed by atoms with Crippen molar-refractivity contribution < 1.29 is 4.79 Å². The number of nitrogen functional groups attached to an aromatic ring is 1. The van der Waals surface area contributed by atoms with E-state index in [1.165, 1.54) is 11.8 Å². The number of hydrogen-bond acceptors (Lipinski definition) is 4. The molecule has 0 saturated heterocycles. The summed E-state index contributed by atoms with van der Waals surface area (Å²) in [6.45, 7) is 6.90. The highest BCUT2D eigenvalue weighted by Gasteiger charge is 2.15. The molecule has 1 heterocycles. The molecule has 0 spiro atoms. The number of nitrogens with one attached hydrogen (secondary N) is 1. The van der Waals surface area contributed by atoms with Crippen molar-refractivity contribution in [3.63, 3.8) is 0 Å². The van der Waals surface area contributed by atoms with Crippen molar-refractivity contribution >= 4 is 23.4 Å². The SMILES string of the molecule is CC(C)CCNC(=O)C(C)Sc1ccncc1N. The zero-order valence-electron chi connectivity index (χ0n) is 11.1. The molecule has 3 N–H and O–H groups in total. The van der Waals surface area contributed by atoms with Gasteiger partial charge in [0.1, 0.15) is 0 Å². The van der Waals surface area contributed by atoms with Crippen LogP contribution in [0.4, 0.5) is 5.69 Å². The van der Waals surface area contributed by atoms with E-state index in [1.807, 2.05) is 13.0 Å². The van der Waals surface area contributed by atoms with E-state index >= 15 is 0 Å². The molecule has 1 atom stereocenters. The van der Waals surface area contributed by atoms with Crippen LogP contribution in [0.25, 0.3) is 0 Å². The van der Waals surface area contributed by atoms with Crippen molar-refractivity contribution in [2.75, 3.05) is 12.3 Å². The third-order valence-electron chi connectivity index (χ3n) is 2.50. The Hall–Kier alpha value is -1.23. The van der Waals surface area contributed by atoms with Crippen LogP contribution >= 0.6 is 11.8 Å². The van der Waals surface area contributed by atoms with Crippen LogP contribution in [0.1, 0.15) is 27.2 Å². The summed E-state index contributed by atoms with van der Waals surface area (Å²) < 4.78 is 0. The molecule has 1 rings (SSSR count). The highest BCUT2D eigenvalue weighted by Crippen LogP contribution is 2.27. The van der Waals surface area contributed by atoms with Gasteiger partial charge < -0.3 is 11.1 Å². The number of anilines is 1. The number of carbonyl (C=O) groups is 1. The molecule has 100 valence electrons. The van der Waals surface area contributed by atoms with E-state index in [0.29, 0.717) is 11.6 Å². The van der Waals surface area contributed by atoms with Crippen molar-refractivity contribution in [3.05, 3.63) is 18.5 Å². The molecular weight excluding hydrogens is 246 g/mol. The molecule has 4 nitrogen and oxygen atoms in total. The standard InChI is InChI=1S/C13H21N3OS/c1-9(2)4-7-16-13(17)10(3)18-12-5-6-15-8-11(12)14/h5-6,8-10H,4,7,14H2,1-3H3,(H,16,17). The lowest BCUT2D eigenvalue weighted by Gasteiger charge is -2.13. The largest absolute Gasteiger partial charge is 0.397 e. The van der Waals surface area contributed by atoms with Crippen LogP contribution in [-0.2, 0) is 4.79 Å². The van der Waals surface area contributed by atoms with Crippen LogP contribution in [-0.4, -0.2) is 22.7 Å². The van der Waals surface area contributed by atoms with E-state index in [-0.39, 0.29) is 11.2 Å². The third kappa shape index (κ3) is 4.96. The van der Waals surface area contributed by atoms with E-state index < -0.39 is 0 Å². The number of thioether (sulfide) groups is 1. The lowest BCUT2D eigenvalue weighted by molar-refractivity contribution is -0.120. The molecule has 1 unspecified atom stereocenters. The average molecular weight is 267 g/mol. The highest BCUT2D eigenvalue weighted by molar-refractivity contribution is 8.00. The Balaban J connectivity index is 2.43. The fourth-order valence-corrected chi connectivity index (χ4v) is 2.27. The number of carbonyl (C=O) groups excluding carboxylic acids is 1. The summed E-state index contributed by atoms with van der Waals surface area (Å²) in [6.07, 6.45) is 4.29. The van der Waals surface area contributed by atoms with E-state index in [4.69, 9.17) is 5.73 Å². The fourth-order valence-electron chi connectivity index (χ4n) is 1.37. The minimum absolute atomic E-state index is 0.0527. The van der Waals surface area contributed by atoms with Gasteiger partial charge >= 0.3 is 0 Å². The Kier molecular flexibility index (Phi) is 5.98. The van der Waals surface area contributed by atoms with Gasteiger partial charge in [0, 0.05) is 17.6 Å². The summed E-state index contributed by atoms with van der Waals surface area (Å²) >= 11 is 1.46. The van der Waals surface area contributed by atoms with Gasteiger partial charge in [-0.2, -0.15) is 0 Å². The quantitative estimate of drug-likeness (QED) is 0.776. The summed E-state index contributed by atoms with van der Waals surface area (Å²) in [5.74, 6) is 0.654. The number of nitrogens with two attached hydrogens (primary N) is 1. The number of hydrogen-bond donors (Lipinski definition) is 2. The summed E-state index contributed by atoms with van der Waals surface area (Å²) in [6, 6.07) is 1.83. The molecule has 0 saturated carbocycles. The second kappa shape index (κ2) is 7.26. The lowest BCUT2D eigenvalue weighted by Crippen LogP contribution is -2.32. The normalized spacial score (nSPS) is 12.4. The second-order valence-corrected chi connectivity index (χ2v) is 6.03. The van der Waals surface area contributed by atoms with Gasteiger partial charge in [-0.3, -0.25) is 9.78 Å². The van der Waals surface area contributed by atoms with Gasteiger partial charge in [0.15, 0.2) is 0 Å². The van der Waals surface area contributed by atoms with Crippen molar-refractivity contribution in [3.8, 4) is 0 Å². The Morgan fingerprint density at radius 3 is 2.83 bits per heavy atom. The van der Waals surface area contributed by atoms with E-state index in [9.17, 15) is 4.79 Å². The zero-order chi connectivity index (χ0) is 13.5. The molecule has 5 heteroatoms. The minimum Gasteiger partial charge on any atom is -0.397 e. The first-order chi connectivity index (χ1) is 8.50. The van der Waals surface area contributed by atoms with E-state index in [0.717, 1.165) is 17.9 Å². The van der Waals surface area contributed by atoms with Gasteiger partial charge in [-0.25, -0.2) is 0 Å². The summed E-state index contributed by atoms with van der Waals surface area (Å²) in [5, 5.41) is 2.79. The molecule has 0 aliphatic rings. The number of nitrogens with zero attached hydrogens (tertiary/aromatic N) is 1. The zero-order valence-corrected chi connectivity index (χ0v) is 12.0. The van der Waals surface area contributed by atoms with Gasteiger partial charge in [0.05, 0.1) is 17.1 Å². The lowest BCUT2D eigenvalue weighted by atomic mass is 10.1. The fraction of sp³-hybridized carbons (Fsp3) is 0.538. The number of pyridine rings is 1. The molecule has 1 aromatic heterocycles. The molecule has 0 aliphatic heterocycles. The van der Waals surface area contributed by atoms with Gasteiger partial charge in [0.2, 0.25) is 5.91 Å². The molecule has 1 aromatic rings. The molecule has 1 amide bonds. The Morgan fingerprint density at radius 1 is 1.50 bits per heavy atom. The Bertz CT molecular complexity index is 396. The smallest absolute Gasteiger partial charge is 0.233 e. The molecule has 0 fully saturated rings. The average Bonchev–Trinajstić information content (AvgIpc) is 2.31. The molecular formula is C13H21N3OS. The van der Waals surface area contributed by atoms with Crippen LogP contribution in [0.5, 0.6) is 0 Å². The first kappa shape index (κ1) is 14.8. The van der Waals surface area contributed by atoms with E-state index in [1.54, 1.807) is 12.4 Å². The maximum atomic E-state index is 11.9. The van der Waals surface area contributed by atoms with Gasteiger partial charge in [-0.15, -0.1) is 11.8 Å². The van der Waals surface area contributed by atoms with Crippen LogP contribution in [0, 0.1) is 5.92 Å². The third-order valence-corrected chi connectivity index (χ3v) is 3.70. The van der Waals surface area contributed by atoms with Crippen molar-refractivity contribution in [2.45, 2.75) is 37.3 Å². The highest BCUT2D eigenvalue weighted by atomic mass is 32.2. The predicted octanol–water partition coefficient (Wildman–Crippen LogP) is 2.31. The maximum Gasteiger partial charge on any atom is 0.233 e. The van der Waals surface area contributed by atoms with Crippen LogP contribution in [0.2, 0.25) is 0 Å². The monoisotopic (exact) mass is 267 g/mol. The molecule has 0 aliphatic carbocycles. The summed E-state index contributed by atoms with van der Waals surface area (Å²) in [7, 11) is 0. The number of aromatic nitrogens is 1. The molecule has 0 bridgehead atoms. The van der Waals surface area contributed by atoms with Crippen LogP contribution in [0.15, 0.2) is 23.4 Å². The minimum atomic E-state index is -0.151. The summed E-state index contributed by atoms with van der Waals surface area (Å²) in [5.41, 5.74) is 6.41. The van der Waals surface area contributed by atoms with E-state index in [2.05, 4.69) is 24.1 Å². The van der Waals surface area contributed by atoms with Crippen molar-refractivity contribution in [1.29, 1.82) is 0 Å². The Labute approximate surface area is 113 Å². The topological polar surface area (TPSA) is 68.0 Å².